The van der Waals surface area contributed by atoms with Crippen LogP contribution in [0.15, 0.2) is 47.1 Å². The fraction of sp³-hybridized carbons (Fsp3) is 0.304. The van der Waals surface area contributed by atoms with E-state index in [2.05, 4.69) is 11.9 Å². The predicted octanol–water partition coefficient (Wildman–Crippen LogP) is 5.27. The number of nitrogens with zero attached hydrogens (tertiary/aromatic N) is 1. The third-order valence-corrected chi connectivity index (χ3v) is 4.62. The Morgan fingerprint density at radius 1 is 1.13 bits per heavy atom. The van der Waals surface area contributed by atoms with E-state index in [1.165, 1.54) is 0 Å². The number of carbonyl (C=O) groups excluding carboxylic acids is 1. The summed E-state index contributed by atoms with van der Waals surface area (Å²) in [5, 5.41) is 0.412. The number of hydrogen-bond donors (Lipinski definition) is 0. The van der Waals surface area contributed by atoms with Crippen LogP contribution in [0.3, 0.4) is 0 Å². The standard InChI is InChI=1S/C23H24ClNO5/c1-4-6-11-29-21-18(24)12-15(14-20(21)28-5-2)13-19-23(26)30-22(25-19)16-7-9-17(27-3)10-8-16/h7-10,12-14H,4-6,11H2,1-3H3/b19-13-. The highest BCUT2D eigenvalue weighted by Crippen LogP contribution is 2.37. The lowest BCUT2D eigenvalue weighted by Crippen LogP contribution is -2.05. The number of carbonyl (C=O) groups is 1. The van der Waals surface area contributed by atoms with Crippen LogP contribution >= 0.6 is 11.6 Å². The molecule has 2 aromatic rings. The van der Waals surface area contributed by atoms with Crippen molar-refractivity contribution in [1.82, 2.24) is 0 Å². The summed E-state index contributed by atoms with van der Waals surface area (Å²) >= 11 is 6.43. The number of esters is 1. The average molecular weight is 430 g/mol. The van der Waals surface area contributed by atoms with Crippen molar-refractivity contribution >= 4 is 29.5 Å². The molecule has 1 heterocycles. The molecule has 0 amide bonds. The zero-order valence-electron chi connectivity index (χ0n) is 17.2. The number of aliphatic imine (C=N–C) groups is 1. The highest BCUT2D eigenvalue weighted by molar-refractivity contribution is 6.32. The minimum Gasteiger partial charge on any atom is -0.497 e. The molecule has 2 aromatic carbocycles. The number of cyclic esters (lactones) is 1. The van der Waals surface area contributed by atoms with Crippen molar-refractivity contribution in [3.8, 4) is 17.2 Å². The molecule has 30 heavy (non-hydrogen) atoms. The van der Waals surface area contributed by atoms with Crippen LogP contribution in [0.1, 0.15) is 37.8 Å². The van der Waals surface area contributed by atoms with Gasteiger partial charge in [-0.1, -0.05) is 24.9 Å². The molecule has 0 saturated heterocycles. The minimum atomic E-state index is -0.529. The van der Waals surface area contributed by atoms with Gasteiger partial charge in [-0.2, -0.15) is 0 Å². The molecule has 0 atom stereocenters. The lowest BCUT2D eigenvalue weighted by Gasteiger charge is -2.14. The van der Waals surface area contributed by atoms with E-state index in [1.54, 1.807) is 49.6 Å². The number of halogens is 1. The van der Waals surface area contributed by atoms with E-state index in [9.17, 15) is 4.79 Å². The number of benzene rings is 2. The zero-order valence-corrected chi connectivity index (χ0v) is 18.0. The molecule has 1 aliphatic rings. The molecular formula is C23H24ClNO5. The topological polar surface area (TPSA) is 66.3 Å². The van der Waals surface area contributed by atoms with Crippen LogP contribution in [0.25, 0.3) is 6.08 Å². The van der Waals surface area contributed by atoms with Gasteiger partial charge in [0.15, 0.2) is 17.2 Å². The summed E-state index contributed by atoms with van der Waals surface area (Å²) in [7, 11) is 1.59. The Kier molecular flexibility index (Phi) is 7.36. The van der Waals surface area contributed by atoms with E-state index in [0.29, 0.717) is 46.6 Å². The van der Waals surface area contributed by atoms with Gasteiger partial charge in [-0.25, -0.2) is 9.79 Å². The van der Waals surface area contributed by atoms with Crippen LogP contribution in [0, 0.1) is 0 Å². The van der Waals surface area contributed by atoms with Crippen LogP contribution in [0.2, 0.25) is 5.02 Å². The maximum Gasteiger partial charge on any atom is 0.363 e. The molecule has 0 radical (unpaired) electrons. The first-order valence-corrected chi connectivity index (χ1v) is 10.2. The fourth-order valence-electron chi connectivity index (χ4n) is 2.82. The van der Waals surface area contributed by atoms with Gasteiger partial charge < -0.3 is 18.9 Å². The molecule has 0 spiro atoms. The van der Waals surface area contributed by atoms with Crippen molar-refractivity contribution in [3.63, 3.8) is 0 Å². The van der Waals surface area contributed by atoms with Crippen molar-refractivity contribution in [3.05, 3.63) is 58.2 Å². The molecule has 0 fully saturated rings. The predicted molar refractivity (Wildman–Crippen MR) is 117 cm³/mol. The van der Waals surface area contributed by atoms with Gasteiger partial charge in [0.1, 0.15) is 5.75 Å². The van der Waals surface area contributed by atoms with Crippen LogP contribution < -0.4 is 14.2 Å². The van der Waals surface area contributed by atoms with Gasteiger partial charge in [-0.3, -0.25) is 0 Å². The molecule has 0 aliphatic carbocycles. The molecular weight excluding hydrogens is 406 g/mol. The van der Waals surface area contributed by atoms with Gasteiger partial charge in [-0.15, -0.1) is 0 Å². The monoisotopic (exact) mass is 429 g/mol. The third-order valence-electron chi connectivity index (χ3n) is 4.34. The highest BCUT2D eigenvalue weighted by Gasteiger charge is 2.24. The van der Waals surface area contributed by atoms with E-state index in [0.717, 1.165) is 12.8 Å². The Hall–Kier alpha value is -2.99. The van der Waals surface area contributed by atoms with Gasteiger partial charge in [0.25, 0.3) is 0 Å². The maximum absolute atomic E-state index is 12.3. The van der Waals surface area contributed by atoms with Gasteiger partial charge >= 0.3 is 5.97 Å². The van der Waals surface area contributed by atoms with Crippen LogP contribution in [0.5, 0.6) is 17.2 Å². The number of ether oxygens (including phenoxy) is 4. The second-order valence-electron chi connectivity index (χ2n) is 6.53. The number of hydrogen-bond acceptors (Lipinski definition) is 6. The third kappa shape index (κ3) is 5.13. The molecule has 0 saturated carbocycles. The second-order valence-corrected chi connectivity index (χ2v) is 6.94. The molecule has 0 bridgehead atoms. The summed E-state index contributed by atoms with van der Waals surface area (Å²) in [6.45, 7) is 4.99. The first-order chi connectivity index (χ1) is 14.5. The Morgan fingerprint density at radius 2 is 1.90 bits per heavy atom. The molecule has 1 aliphatic heterocycles. The van der Waals surface area contributed by atoms with E-state index >= 15 is 0 Å². The molecule has 158 valence electrons. The van der Waals surface area contributed by atoms with E-state index in [1.807, 2.05) is 6.92 Å². The summed E-state index contributed by atoms with van der Waals surface area (Å²) in [6.07, 6.45) is 3.55. The molecule has 3 rings (SSSR count). The zero-order chi connectivity index (χ0) is 21.5. The maximum atomic E-state index is 12.3. The van der Waals surface area contributed by atoms with Crippen molar-refractivity contribution < 1.29 is 23.7 Å². The lowest BCUT2D eigenvalue weighted by atomic mass is 10.1. The number of unbranched alkanes of at least 4 members (excludes halogenated alkanes) is 1. The van der Waals surface area contributed by atoms with Gasteiger partial charge in [0.2, 0.25) is 5.90 Å². The van der Waals surface area contributed by atoms with Crippen LogP contribution in [-0.4, -0.2) is 32.2 Å². The second kappa shape index (κ2) is 10.2. The Bertz CT molecular complexity index is 966. The summed E-state index contributed by atoms with van der Waals surface area (Å²) < 4.78 is 21.9. The first kappa shape index (κ1) is 21.7. The normalized spacial score (nSPS) is 14.5. The van der Waals surface area contributed by atoms with Crippen molar-refractivity contribution in [2.75, 3.05) is 20.3 Å². The molecule has 0 N–H and O–H groups in total. The molecule has 0 unspecified atom stereocenters. The average Bonchev–Trinajstić information content (AvgIpc) is 3.10. The molecule has 6 nitrogen and oxygen atoms in total. The fourth-order valence-corrected chi connectivity index (χ4v) is 3.09. The van der Waals surface area contributed by atoms with Crippen molar-refractivity contribution in [2.45, 2.75) is 26.7 Å². The Balaban J connectivity index is 1.88. The summed E-state index contributed by atoms with van der Waals surface area (Å²) in [5.41, 5.74) is 1.53. The highest BCUT2D eigenvalue weighted by atomic mass is 35.5. The van der Waals surface area contributed by atoms with E-state index < -0.39 is 5.97 Å². The van der Waals surface area contributed by atoms with Crippen LogP contribution in [-0.2, 0) is 9.53 Å². The molecule has 0 aromatic heterocycles. The van der Waals surface area contributed by atoms with Gasteiger partial charge in [-0.05, 0) is 61.4 Å². The van der Waals surface area contributed by atoms with Gasteiger partial charge in [0.05, 0.1) is 25.3 Å². The van der Waals surface area contributed by atoms with E-state index in [4.69, 9.17) is 30.5 Å². The minimum absolute atomic E-state index is 0.180. The van der Waals surface area contributed by atoms with Crippen LogP contribution in [0.4, 0.5) is 0 Å². The SMILES string of the molecule is CCCCOc1c(Cl)cc(/C=C2\N=C(c3ccc(OC)cc3)OC2=O)cc1OCC. The summed E-state index contributed by atoms with van der Waals surface area (Å²) in [4.78, 5) is 16.6. The van der Waals surface area contributed by atoms with Gasteiger partial charge in [0, 0.05) is 5.56 Å². The van der Waals surface area contributed by atoms with Crippen molar-refractivity contribution in [2.24, 2.45) is 4.99 Å². The first-order valence-electron chi connectivity index (χ1n) is 9.81. The number of rotatable bonds is 9. The summed E-state index contributed by atoms with van der Waals surface area (Å²) in [5.74, 6) is 1.45. The smallest absolute Gasteiger partial charge is 0.363 e. The summed E-state index contributed by atoms with van der Waals surface area (Å²) in [6, 6.07) is 10.6. The Morgan fingerprint density at radius 3 is 2.57 bits per heavy atom. The molecule has 7 heteroatoms. The quantitative estimate of drug-likeness (QED) is 0.308. The number of methoxy groups -OCH3 is 1. The van der Waals surface area contributed by atoms with Crippen molar-refractivity contribution in [1.29, 1.82) is 0 Å². The lowest BCUT2D eigenvalue weighted by molar-refractivity contribution is -0.129. The largest absolute Gasteiger partial charge is 0.497 e. The Labute approximate surface area is 181 Å². The van der Waals surface area contributed by atoms with E-state index in [-0.39, 0.29) is 11.6 Å².